The Bertz CT molecular complexity index is 982. The lowest BCUT2D eigenvalue weighted by molar-refractivity contribution is -0.121. The van der Waals surface area contributed by atoms with Gasteiger partial charge in [0.2, 0.25) is 5.91 Å². The summed E-state index contributed by atoms with van der Waals surface area (Å²) in [6, 6.07) is 13.6. The Balaban J connectivity index is 1.63. The molecule has 0 aliphatic heterocycles. The zero-order valence-electron chi connectivity index (χ0n) is 14.7. The molecule has 2 aromatic carbocycles. The first-order valence-corrected chi connectivity index (χ1v) is 8.78. The minimum Gasteiger partial charge on any atom is -0.497 e. The maximum atomic E-state index is 13.2. The van der Waals surface area contributed by atoms with Gasteiger partial charge in [-0.05, 0) is 54.2 Å². The quantitative estimate of drug-likeness (QED) is 0.610. The third kappa shape index (κ3) is 4.79. The lowest BCUT2D eigenvalue weighted by atomic mass is 10.2. The number of amides is 1. The normalized spacial score (nSPS) is 10.6. The number of nitrogens with one attached hydrogen (secondary N) is 2. The number of aromatic nitrogens is 3. The standard InChI is InChI=1S/C19H19FN4O2S/c1-26-16-7-5-14(6-8-16)18-22-23-19(27)24(18)10-9-17(25)21-12-13-3-2-4-15(20)11-13/h2-8,11H,9-10,12H2,1H3,(H,21,25)(H,23,27). The van der Waals surface area contributed by atoms with Crippen LogP contribution >= 0.6 is 12.2 Å². The van der Waals surface area contributed by atoms with Gasteiger partial charge in [-0.15, -0.1) is 0 Å². The molecule has 0 radical (unpaired) electrons. The highest BCUT2D eigenvalue weighted by molar-refractivity contribution is 7.71. The smallest absolute Gasteiger partial charge is 0.222 e. The Morgan fingerprint density at radius 1 is 1.30 bits per heavy atom. The average molecular weight is 386 g/mol. The van der Waals surface area contributed by atoms with Crippen molar-refractivity contribution in [1.29, 1.82) is 0 Å². The minimum absolute atomic E-state index is 0.150. The molecule has 6 nitrogen and oxygen atoms in total. The van der Waals surface area contributed by atoms with Gasteiger partial charge in [0.15, 0.2) is 10.6 Å². The van der Waals surface area contributed by atoms with Crippen LogP contribution in [0.5, 0.6) is 5.75 Å². The summed E-state index contributed by atoms with van der Waals surface area (Å²) in [4.78, 5) is 12.1. The number of halogens is 1. The summed E-state index contributed by atoms with van der Waals surface area (Å²) in [5.74, 6) is 0.926. The summed E-state index contributed by atoms with van der Waals surface area (Å²) in [5, 5.41) is 9.80. The topological polar surface area (TPSA) is 71.9 Å². The maximum absolute atomic E-state index is 13.2. The van der Waals surface area contributed by atoms with E-state index in [2.05, 4.69) is 15.5 Å². The van der Waals surface area contributed by atoms with Crippen LogP contribution in [0.1, 0.15) is 12.0 Å². The predicted octanol–water partition coefficient (Wildman–Crippen LogP) is 3.46. The van der Waals surface area contributed by atoms with E-state index in [0.29, 0.717) is 22.7 Å². The SMILES string of the molecule is COc1ccc(-c2n[nH]c(=S)n2CCC(=O)NCc2cccc(F)c2)cc1. The lowest BCUT2D eigenvalue weighted by Gasteiger charge is -2.09. The van der Waals surface area contributed by atoms with E-state index in [1.54, 1.807) is 23.8 Å². The third-order valence-corrected chi connectivity index (χ3v) is 4.36. The van der Waals surface area contributed by atoms with Gasteiger partial charge in [-0.2, -0.15) is 5.10 Å². The highest BCUT2D eigenvalue weighted by Crippen LogP contribution is 2.21. The molecular weight excluding hydrogens is 367 g/mol. The second-order valence-corrected chi connectivity index (χ2v) is 6.28. The molecule has 1 heterocycles. The van der Waals surface area contributed by atoms with Gasteiger partial charge >= 0.3 is 0 Å². The van der Waals surface area contributed by atoms with E-state index in [-0.39, 0.29) is 24.7 Å². The molecule has 140 valence electrons. The van der Waals surface area contributed by atoms with Gasteiger partial charge in [0.25, 0.3) is 0 Å². The van der Waals surface area contributed by atoms with E-state index in [0.717, 1.165) is 11.3 Å². The zero-order valence-corrected chi connectivity index (χ0v) is 15.6. The summed E-state index contributed by atoms with van der Waals surface area (Å²) in [7, 11) is 1.60. The molecule has 0 fully saturated rings. The average Bonchev–Trinajstić information content (AvgIpc) is 3.05. The van der Waals surface area contributed by atoms with Crippen molar-refractivity contribution in [1.82, 2.24) is 20.1 Å². The molecule has 0 atom stereocenters. The van der Waals surface area contributed by atoms with Gasteiger partial charge < -0.3 is 10.1 Å². The fourth-order valence-electron chi connectivity index (χ4n) is 2.63. The van der Waals surface area contributed by atoms with E-state index in [1.807, 2.05) is 24.3 Å². The van der Waals surface area contributed by atoms with Crippen molar-refractivity contribution in [2.24, 2.45) is 0 Å². The van der Waals surface area contributed by atoms with E-state index in [1.165, 1.54) is 12.1 Å². The van der Waals surface area contributed by atoms with Crippen molar-refractivity contribution in [3.05, 3.63) is 64.7 Å². The molecule has 0 saturated carbocycles. The van der Waals surface area contributed by atoms with Crippen molar-refractivity contribution in [3.63, 3.8) is 0 Å². The lowest BCUT2D eigenvalue weighted by Crippen LogP contribution is -2.24. The Kier molecular flexibility index (Phi) is 5.97. The van der Waals surface area contributed by atoms with Crippen molar-refractivity contribution in [2.75, 3.05) is 7.11 Å². The van der Waals surface area contributed by atoms with Crippen LogP contribution in [-0.2, 0) is 17.9 Å². The molecule has 0 aliphatic carbocycles. The molecule has 1 aromatic heterocycles. The molecule has 0 spiro atoms. The van der Waals surface area contributed by atoms with E-state index < -0.39 is 0 Å². The molecule has 1 amide bonds. The van der Waals surface area contributed by atoms with Gasteiger partial charge in [-0.25, -0.2) is 4.39 Å². The number of carbonyl (C=O) groups is 1. The summed E-state index contributed by atoms with van der Waals surface area (Å²) in [6.07, 6.45) is 0.228. The molecule has 0 aliphatic rings. The molecule has 0 saturated heterocycles. The van der Waals surface area contributed by atoms with Gasteiger partial charge in [0.1, 0.15) is 11.6 Å². The molecular formula is C19H19FN4O2S. The van der Waals surface area contributed by atoms with Crippen LogP contribution in [0.15, 0.2) is 48.5 Å². The maximum Gasteiger partial charge on any atom is 0.222 e. The van der Waals surface area contributed by atoms with Gasteiger partial charge in [0, 0.05) is 25.1 Å². The second kappa shape index (κ2) is 8.59. The molecule has 8 heteroatoms. The fourth-order valence-corrected chi connectivity index (χ4v) is 2.86. The number of rotatable bonds is 7. The number of hydrogen-bond acceptors (Lipinski definition) is 4. The van der Waals surface area contributed by atoms with Crippen molar-refractivity contribution in [2.45, 2.75) is 19.5 Å². The van der Waals surface area contributed by atoms with Crippen LogP contribution in [0.25, 0.3) is 11.4 Å². The van der Waals surface area contributed by atoms with Crippen LogP contribution in [0.2, 0.25) is 0 Å². The number of hydrogen-bond donors (Lipinski definition) is 2. The van der Waals surface area contributed by atoms with E-state index in [9.17, 15) is 9.18 Å². The van der Waals surface area contributed by atoms with Crippen LogP contribution in [0, 0.1) is 10.6 Å². The molecule has 3 rings (SSSR count). The second-order valence-electron chi connectivity index (χ2n) is 5.89. The minimum atomic E-state index is -0.324. The Morgan fingerprint density at radius 2 is 2.07 bits per heavy atom. The van der Waals surface area contributed by atoms with Crippen molar-refractivity contribution in [3.8, 4) is 17.1 Å². The summed E-state index contributed by atoms with van der Waals surface area (Å²) in [5.41, 5.74) is 1.57. The van der Waals surface area contributed by atoms with Crippen molar-refractivity contribution < 1.29 is 13.9 Å². The van der Waals surface area contributed by atoms with E-state index in [4.69, 9.17) is 17.0 Å². The number of H-pyrrole nitrogens is 1. The number of nitrogens with zero attached hydrogens (tertiary/aromatic N) is 2. The number of benzene rings is 2. The highest BCUT2D eigenvalue weighted by atomic mass is 32.1. The summed E-state index contributed by atoms with van der Waals surface area (Å²) < 4.78 is 20.6. The van der Waals surface area contributed by atoms with Crippen LogP contribution < -0.4 is 10.1 Å². The Labute approximate surface area is 161 Å². The number of methoxy groups -OCH3 is 1. The predicted molar refractivity (Wildman–Crippen MR) is 102 cm³/mol. The Morgan fingerprint density at radius 3 is 2.78 bits per heavy atom. The molecule has 27 heavy (non-hydrogen) atoms. The monoisotopic (exact) mass is 386 g/mol. The first-order chi connectivity index (χ1) is 13.1. The largest absolute Gasteiger partial charge is 0.497 e. The van der Waals surface area contributed by atoms with E-state index >= 15 is 0 Å². The van der Waals surface area contributed by atoms with Gasteiger partial charge in [-0.3, -0.25) is 14.5 Å². The molecule has 3 aromatic rings. The summed E-state index contributed by atoms with van der Waals surface area (Å²) in [6.45, 7) is 0.657. The van der Waals surface area contributed by atoms with Crippen LogP contribution in [0.4, 0.5) is 4.39 Å². The number of aromatic amines is 1. The first kappa shape index (κ1) is 18.8. The number of carbonyl (C=O) groups excluding carboxylic acids is 1. The van der Waals surface area contributed by atoms with Crippen LogP contribution in [-0.4, -0.2) is 27.8 Å². The molecule has 0 unspecified atom stereocenters. The van der Waals surface area contributed by atoms with Crippen molar-refractivity contribution >= 4 is 18.1 Å². The molecule has 2 N–H and O–H groups in total. The highest BCUT2D eigenvalue weighted by Gasteiger charge is 2.11. The zero-order chi connectivity index (χ0) is 19.2. The third-order valence-electron chi connectivity index (χ3n) is 4.05. The fraction of sp³-hybridized carbons (Fsp3) is 0.211. The van der Waals surface area contributed by atoms with Gasteiger partial charge in [-0.1, -0.05) is 12.1 Å². The first-order valence-electron chi connectivity index (χ1n) is 8.37. The molecule has 0 bridgehead atoms. The van der Waals surface area contributed by atoms with Gasteiger partial charge in [0.05, 0.1) is 7.11 Å². The number of ether oxygens (including phenoxy) is 1. The van der Waals surface area contributed by atoms with Crippen LogP contribution in [0.3, 0.4) is 0 Å². The Hall–Kier alpha value is -3.00. The summed E-state index contributed by atoms with van der Waals surface area (Å²) >= 11 is 5.28.